The lowest BCUT2D eigenvalue weighted by Crippen LogP contribution is -2.47. The van der Waals surface area contributed by atoms with E-state index in [1.807, 2.05) is 24.4 Å². The van der Waals surface area contributed by atoms with Crippen LogP contribution in [0.3, 0.4) is 0 Å². The summed E-state index contributed by atoms with van der Waals surface area (Å²) in [5.41, 5.74) is 3.36. The predicted molar refractivity (Wildman–Crippen MR) is 151 cm³/mol. The van der Waals surface area contributed by atoms with Crippen LogP contribution < -0.4 is 14.5 Å². The molecule has 0 bridgehead atoms. The van der Waals surface area contributed by atoms with E-state index in [0.717, 1.165) is 88.6 Å². The van der Waals surface area contributed by atoms with Crippen molar-refractivity contribution < 1.29 is 14.3 Å². The number of aromatic nitrogens is 1. The van der Waals surface area contributed by atoms with Crippen LogP contribution in [0.2, 0.25) is 0 Å². The third-order valence-corrected chi connectivity index (χ3v) is 9.13. The molecule has 0 spiro atoms. The van der Waals surface area contributed by atoms with E-state index in [1.54, 1.807) is 0 Å². The van der Waals surface area contributed by atoms with Crippen molar-refractivity contribution in [2.45, 2.75) is 44.9 Å². The lowest BCUT2D eigenvalue weighted by atomic mass is 9.78. The Labute approximate surface area is 227 Å². The van der Waals surface area contributed by atoms with Gasteiger partial charge in [0.05, 0.1) is 19.8 Å². The Hall–Kier alpha value is -2.64. The average Bonchev–Trinajstić information content (AvgIpc) is 3.47. The van der Waals surface area contributed by atoms with Crippen molar-refractivity contribution in [3.05, 3.63) is 47.7 Å². The molecule has 1 saturated carbocycles. The first-order valence-electron chi connectivity index (χ1n) is 14.8. The van der Waals surface area contributed by atoms with Crippen LogP contribution in [0.25, 0.3) is 0 Å². The Morgan fingerprint density at radius 3 is 2.34 bits per heavy atom. The van der Waals surface area contributed by atoms with Crippen LogP contribution in [0, 0.1) is 11.8 Å². The molecule has 4 aliphatic rings. The molecule has 0 N–H and O–H groups in total. The molecular weight excluding hydrogens is 476 g/mol. The van der Waals surface area contributed by atoms with Gasteiger partial charge in [-0.2, -0.15) is 0 Å². The van der Waals surface area contributed by atoms with Crippen LogP contribution >= 0.6 is 0 Å². The van der Waals surface area contributed by atoms with E-state index in [9.17, 15) is 4.79 Å². The summed E-state index contributed by atoms with van der Waals surface area (Å²) in [6.07, 6.45) is 9.80. The number of carbonyl (C=O) groups is 1. The van der Waals surface area contributed by atoms with Crippen LogP contribution in [-0.4, -0.2) is 81.3 Å². The number of Topliss-reactive ketones (excluding diaryl/α,β-unsaturated/α-hetero) is 1. The first kappa shape index (κ1) is 25.6. The van der Waals surface area contributed by atoms with Gasteiger partial charge >= 0.3 is 0 Å². The highest BCUT2D eigenvalue weighted by molar-refractivity contribution is 5.96. The third kappa shape index (κ3) is 5.99. The maximum atomic E-state index is 12.9. The average molecular weight is 519 g/mol. The molecule has 0 atom stereocenters. The Kier molecular flexibility index (Phi) is 8.12. The molecule has 3 aliphatic heterocycles. The number of ether oxygens (including phenoxy) is 2. The van der Waals surface area contributed by atoms with Gasteiger partial charge in [0.1, 0.15) is 11.6 Å². The first-order valence-corrected chi connectivity index (χ1v) is 14.8. The largest absolute Gasteiger partial charge is 0.493 e. The van der Waals surface area contributed by atoms with Crippen LogP contribution in [0.5, 0.6) is 5.75 Å². The van der Waals surface area contributed by atoms with Gasteiger partial charge in [0.25, 0.3) is 0 Å². The molecule has 0 amide bonds. The van der Waals surface area contributed by atoms with E-state index in [2.05, 4.69) is 31.8 Å². The monoisotopic (exact) mass is 518 g/mol. The number of rotatable bonds is 8. The lowest BCUT2D eigenvalue weighted by Gasteiger charge is -2.37. The lowest BCUT2D eigenvalue weighted by molar-refractivity contribution is 0.0940. The molecule has 3 fully saturated rings. The van der Waals surface area contributed by atoms with E-state index in [4.69, 9.17) is 9.47 Å². The number of ketones is 1. The number of anilines is 2. The minimum absolute atomic E-state index is 0.310. The maximum absolute atomic E-state index is 12.9. The van der Waals surface area contributed by atoms with Crippen LogP contribution in [-0.2, 0) is 11.2 Å². The Morgan fingerprint density at radius 2 is 1.58 bits per heavy atom. The highest BCUT2D eigenvalue weighted by atomic mass is 16.5. The summed E-state index contributed by atoms with van der Waals surface area (Å²) < 4.78 is 11.2. The summed E-state index contributed by atoms with van der Waals surface area (Å²) in [5.74, 6) is 3.83. The van der Waals surface area contributed by atoms with E-state index in [1.165, 1.54) is 49.9 Å². The minimum Gasteiger partial charge on any atom is -0.493 e. The molecule has 7 nitrogen and oxygen atoms in total. The van der Waals surface area contributed by atoms with E-state index >= 15 is 0 Å². The molecule has 2 aromatic rings. The van der Waals surface area contributed by atoms with Gasteiger partial charge in [0, 0.05) is 75.1 Å². The molecule has 4 heterocycles. The Morgan fingerprint density at radius 1 is 0.842 bits per heavy atom. The van der Waals surface area contributed by atoms with Gasteiger partial charge < -0.3 is 19.3 Å². The summed E-state index contributed by atoms with van der Waals surface area (Å²) >= 11 is 0. The number of pyridine rings is 1. The standard InChI is InChI=1S/C31H42N4O3/c36-29(26-5-7-27(8-6-26)34-18-21-37-22-19-34)23-25-3-1-24(2-4-25)10-13-33-14-16-35(17-15-33)31-28-11-20-38-30(28)9-12-32-31/h5-9,12,24-25H,1-4,10-11,13-23H2. The molecule has 1 aromatic heterocycles. The summed E-state index contributed by atoms with van der Waals surface area (Å²) in [6, 6.07) is 10.2. The number of carbonyl (C=O) groups excluding carboxylic acids is 1. The topological polar surface area (TPSA) is 58.1 Å². The van der Waals surface area contributed by atoms with Gasteiger partial charge in [-0.3, -0.25) is 9.69 Å². The molecule has 0 unspecified atom stereocenters. The SMILES string of the molecule is O=C(CC1CCC(CCN2CCN(c3nccc4c3CCO4)CC2)CC1)c1ccc(N2CCOCC2)cc1. The number of piperazine rings is 1. The summed E-state index contributed by atoms with van der Waals surface area (Å²) in [7, 11) is 0. The normalized spacial score (nSPS) is 24.2. The number of nitrogens with zero attached hydrogens (tertiary/aromatic N) is 4. The van der Waals surface area contributed by atoms with Crippen LogP contribution in [0.15, 0.2) is 36.5 Å². The molecule has 204 valence electrons. The van der Waals surface area contributed by atoms with Gasteiger partial charge in [0.2, 0.25) is 0 Å². The van der Waals surface area contributed by atoms with Crippen molar-refractivity contribution in [2.75, 3.05) is 75.4 Å². The smallest absolute Gasteiger partial charge is 0.163 e. The van der Waals surface area contributed by atoms with Gasteiger partial charge in [-0.15, -0.1) is 0 Å². The number of fused-ring (bicyclic) bond motifs is 1. The van der Waals surface area contributed by atoms with E-state index < -0.39 is 0 Å². The molecular formula is C31H42N4O3. The number of morpholine rings is 1. The Balaban J connectivity index is 0.898. The molecule has 6 rings (SSSR count). The van der Waals surface area contributed by atoms with Gasteiger partial charge in [-0.05, 0) is 68.0 Å². The van der Waals surface area contributed by atoms with E-state index in [0.29, 0.717) is 18.1 Å². The zero-order valence-electron chi connectivity index (χ0n) is 22.7. The second-order valence-corrected chi connectivity index (χ2v) is 11.5. The number of hydrogen-bond donors (Lipinski definition) is 0. The molecule has 7 heteroatoms. The third-order valence-electron chi connectivity index (χ3n) is 9.13. The fourth-order valence-corrected chi connectivity index (χ4v) is 6.70. The molecule has 1 aromatic carbocycles. The van der Waals surface area contributed by atoms with Crippen molar-refractivity contribution in [1.29, 1.82) is 0 Å². The Bertz CT molecular complexity index is 1070. The zero-order valence-corrected chi connectivity index (χ0v) is 22.7. The van der Waals surface area contributed by atoms with Crippen molar-refractivity contribution in [3.63, 3.8) is 0 Å². The van der Waals surface area contributed by atoms with Crippen molar-refractivity contribution >= 4 is 17.3 Å². The van der Waals surface area contributed by atoms with Crippen LogP contribution in [0.4, 0.5) is 11.5 Å². The van der Waals surface area contributed by atoms with Crippen LogP contribution in [0.1, 0.15) is 54.4 Å². The maximum Gasteiger partial charge on any atom is 0.163 e. The van der Waals surface area contributed by atoms with Gasteiger partial charge in [0.15, 0.2) is 5.78 Å². The molecule has 38 heavy (non-hydrogen) atoms. The fourth-order valence-electron chi connectivity index (χ4n) is 6.70. The second kappa shape index (κ2) is 12.0. The summed E-state index contributed by atoms with van der Waals surface area (Å²) in [5, 5.41) is 0. The van der Waals surface area contributed by atoms with Crippen molar-refractivity contribution in [2.24, 2.45) is 11.8 Å². The summed E-state index contributed by atoms with van der Waals surface area (Å²) in [4.78, 5) is 25.0. The van der Waals surface area contributed by atoms with E-state index in [-0.39, 0.29) is 0 Å². The molecule has 0 radical (unpaired) electrons. The fraction of sp³-hybridized carbons (Fsp3) is 0.613. The zero-order chi connectivity index (χ0) is 25.7. The van der Waals surface area contributed by atoms with Crippen molar-refractivity contribution in [3.8, 4) is 5.75 Å². The highest BCUT2D eigenvalue weighted by Crippen LogP contribution is 2.35. The second-order valence-electron chi connectivity index (χ2n) is 11.5. The quantitative estimate of drug-likeness (QED) is 0.479. The molecule has 1 aliphatic carbocycles. The first-order chi connectivity index (χ1) is 18.7. The van der Waals surface area contributed by atoms with Gasteiger partial charge in [-0.1, -0.05) is 12.8 Å². The van der Waals surface area contributed by atoms with Crippen molar-refractivity contribution in [1.82, 2.24) is 9.88 Å². The van der Waals surface area contributed by atoms with Gasteiger partial charge in [-0.25, -0.2) is 4.98 Å². The molecule has 2 saturated heterocycles. The minimum atomic E-state index is 0.310. The summed E-state index contributed by atoms with van der Waals surface area (Å²) in [6.45, 7) is 9.71. The number of hydrogen-bond acceptors (Lipinski definition) is 7. The highest BCUT2D eigenvalue weighted by Gasteiger charge is 2.27. The predicted octanol–water partition coefficient (Wildman–Crippen LogP) is 4.44. The number of benzene rings is 1.